The first-order chi connectivity index (χ1) is 44.7. The van der Waals surface area contributed by atoms with Crippen molar-refractivity contribution in [3.05, 3.63) is 431 Å². The van der Waals surface area contributed by atoms with Gasteiger partial charge in [0, 0.05) is 0 Å². The third-order valence-corrected chi connectivity index (χ3v) is 39.1. The van der Waals surface area contributed by atoms with Crippen LogP contribution in [0.1, 0.15) is 66.8 Å². The van der Waals surface area contributed by atoms with Gasteiger partial charge in [-0.05, 0) is 0 Å². The van der Waals surface area contributed by atoms with Crippen LogP contribution in [0.4, 0.5) is 0 Å². The van der Waals surface area contributed by atoms with Gasteiger partial charge in [-0.3, -0.25) is 0 Å². The van der Waals surface area contributed by atoms with Gasteiger partial charge in [-0.1, -0.05) is 0 Å². The minimum atomic E-state index is -4.12. The summed E-state index contributed by atoms with van der Waals surface area (Å²) in [6, 6.07) is 135. The zero-order chi connectivity index (χ0) is 61.9. The van der Waals surface area contributed by atoms with E-state index in [-0.39, 0.29) is 0 Å². The summed E-state index contributed by atoms with van der Waals surface area (Å²) in [6.07, 6.45) is 8.07. The van der Waals surface area contributed by atoms with Crippen LogP contribution in [0.5, 0.6) is 0 Å². The molecule has 0 aliphatic rings. The van der Waals surface area contributed by atoms with Crippen LogP contribution >= 0.6 is 29.1 Å². The maximum atomic E-state index is 9.52. The second kappa shape index (κ2) is 29.2. The van der Waals surface area contributed by atoms with Gasteiger partial charge < -0.3 is 0 Å². The Hall–Kier alpha value is -7.76. The Morgan fingerprint density at radius 1 is 0.143 bits per heavy atom. The Balaban J connectivity index is 1.26. The first-order valence-electron chi connectivity index (χ1n) is 32.1. The molecule has 12 aromatic rings. The number of benzene rings is 12. The summed E-state index contributed by atoms with van der Waals surface area (Å²) in [5, 5.41) is 0. The van der Waals surface area contributed by atoms with E-state index in [1.807, 2.05) is 0 Å². The SMILES string of the molecule is c1ccc(CP(Cc2ccccc2)(Cc2ccccc2)(Cc2ccccc2)OP(OP(Cc2ccccc2)(Cc2ccccc2)(Cc2ccccc2)Cc2ccccc2)OP(Cc2ccccc2)(Cc2ccccc2)(Cc2ccccc2)Cc2ccccc2)cc1. The molecule has 91 heavy (non-hydrogen) atoms. The molecule has 0 saturated carbocycles. The van der Waals surface area contributed by atoms with Crippen molar-refractivity contribution in [2.24, 2.45) is 0 Å². The Labute approximate surface area is 543 Å². The fourth-order valence-corrected chi connectivity index (χ4v) is 38.6. The first-order valence-corrected chi connectivity index (χ1v) is 41.8. The van der Waals surface area contributed by atoms with Gasteiger partial charge in [-0.15, -0.1) is 0 Å². The normalized spacial score (nSPS) is 13.5. The van der Waals surface area contributed by atoms with E-state index in [0.29, 0.717) is 73.9 Å². The van der Waals surface area contributed by atoms with Crippen LogP contribution in [0, 0.1) is 0 Å². The quantitative estimate of drug-likeness (QED) is 0.0420. The summed E-state index contributed by atoms with van der Waals surface area (Å²) < 4.78 is 28.6. The van der Waals surface area contributed by atoms with Gasteiger partial charge in [0.1, 0.15) is 0 Å². The molecule has 0 N–H and O–H groups in total. The van der Waals surface area contributed by atoms with Crippen LogP contribution < -0.4 is 0 Å². The molecule has 0 atom stereocenters. The summed E-state index contributed by atoms with van der Waals surface area (Å²) in [5.74, 6) is 0. The molecule has 0 unspecified atom stereocenters. The molecule has 0 radical (unpaired) electrons. The van der Waals surface area contributed by atoms with Crippen molar-refractivity contribution in [1.82, 2.24) is 0 Å². The molecule has 0 fully saturated rings. The third-order valence-electron chi connectivity index (χ3n) is 18.0. The summed E-state index contributed by atoms with van der Waals surface area (Å²) in [6.45, 7) is -12.4. The molecular weight excluding hydrogens is 1180 g/mol. The van der Waals surface area contributed by atoms with E-state index in [4.69, 9.17) is 0 Å². The van der Waals surface area contributed by atoms with Gasteiger partial charge in [0.15, 0.2) is 0 Å². The standard InChI is InChI=1S/C84H84O3P4/c1-13-37-73(38-14-1)61-89(62-74-39-15-2-16-40-74,63-75-41-17-3-18-42-75,64-76-43-19-4-20-44-76)85-88(86-90(65-77-45-21-5-22-46-77,66-78-47-23-6-24-48-78,67-79-49-25-7-26-50-79)68-80-51-27-8-28-52-80)87-91(69-81-53-29-9-30-54-81,70-82-55-31-10-32-56-82,71-83-57-33-11-34-58-83)72-84-59-35-12-36-60-84/h1-60H,61-72H2. The molecular formula is C84H84O3P4. The fourth-order valence-electron chi connectivity index (χ4n) is 14.5. The molecule has 0 bridgehead atoms. The molecule has 0 aliphatic carbocycles. The van der Waals surface area contributed by atoms with Crippen LogP contribution in [0.2, 0.25) is 0 Å². The molecule has 458 valence electrons. The van der Waals surface area contributed by atoms with Crippen LogP contribution in [0.15, 0.2) is 364 Å². The zero-order valence-corrected chi connectivity index (χ0v) is 55.7. The average Bonchev–Trinajstić information content (AvgIpc) is 0.736. The van der Waals surface area contributed by atoms with Crippen molar-refractivity contribution in [3.8, 4) is 0 Å². The molecule has 0 saturated heterocycles. The van der Waals surface area contributed by atoms with Gasteiger partial charge in [0.05, 0.1) is 0 Å². The van der Waals surface area contributed by atoms with Gasteiger partial charge in [0.25, 0.3) is 0 Å². The van der Waals surface area contributed by atoms with Crippen molar-refractivity contribution in [2.45, 2.75) is 73.9 Å². The Bertz CT molecular complexity index is 3140. The summed E-state index contributed by atoms with van der Waals surface area (Å²) in [7, 11) is -2.45. The Morgan fingerprint density at radius 2 is 0.231 bits per heavy atom. The number of hydrogen-bond donors (Lipinski definition) is 0. The minimum absolute atomic E-state index is 0.673. The molecule has 0 heterocycles. The van der Waals surface area contributed by atoms with Crippen molar-refractivity contribution in [1.29, 1.82) is 0 Å². The predicted molar refractivity (Wildman–Crippen MR) is 393 cm³/mol. The van der Waals surface area contributed by atoms with E-state index in [1.165, 1.54) is 66.8 Å². The Kier molecular flexibility index (Phi) is 20.4. The molecule has 12 aromatic carbocycles. The maximum absolute atomic E-state index is 9.52. The second-order valence-electron chi connectivity index (χ2n) is 25.8. The van der Waals surface area contributed by atoms with Crippen LogP contribution in [0.3, 0.4) is 0 Å². The van der Waals surface area contributed by atoms with Crippen LogP contribution in [0.25, 0.3) is 0 Å². The zero-order valence-electron chi connectivity index (χ0n) is 52.1. The van der Waals surface area contributed by atoms with Crippen molar-refractivity contribution < 1.29 is 12.9 Å². The van der Waals surface area contributed by atoms with E-state index in [0.717, 1.165) is 0 Å². The van der Waals surface area contributed by atoms with E-state index in [9.17, 15) is 12.9 Å². The van der Waals surface area contributed by atoms with Gasteiger partial charge in [-0.25, -0.2) is 0 Å². The van der Waals surface area contributed by atoms with Gasteiger partial charge in [-0.2, -0.15) is 0 Å². The number of rotatable bonds is 30. The fraction of sp³-hybridized carbons (Fsp3) is 0.143. The van der Waals surface area contributed by atoms with E-state index >= 15 is 0 Å². The number of hydrogen-bond acceptors (Lipinski definition) is 3. The van der Waals surface area contributed by atoms with Crippen LogP contribution in [-0.4, -0.2) is 0 Å². The molecule has 12 rings (SSSR count). The monoisotopic (exact) mass is 1260 g/mol. The molecule has 0 aliphatic heterocycles. The van der Waals surface area contributed by atoms with E-state index < -0.39 is 29.1 Å². The van der Waals surface area contributed by atoms with Crippen LogP contribution in [-0.2, 0) is 86.9 Å². The van der Waals surface area contributed by atoms with Crippen molar-refractivity contribution in [2.75, 3.05) is 0 Å². The van der Waals surface area contributed by atoms with Gasteiger partial charge in [0.2, 0.25) is 0 Å². The van der Waals surface area contributed by atoms with E-state index in [2.05, 4.69) is 364 Å². The molecule has 0 amide bonds. The third kappa shape index (κ3) is 16.7. The molecule has 7 heteroatoms. The predicted octanol–water partition coefficient (Wildman–Crippen LogP) is 24.1. The van der Waals surface area contributed by atoms with Crippen molar-refractivity contribution in [3.63, 3.8) is 0 Å². The molecule has 0 aromatic heterocycles. The van der Waals surface area contributed by atoms with Gasteiger partial charge >= 0.3 is 547 Å². The average molecular weight is 1270 g/mol. The van der Waals surface area contributed by atoms with E-state index in [1.54, 1.807) is 0 Å². The summed E-state index contributed by atoms with van der Waals surface area (Å²) in [5.41, 5.74) is 14.8. The summed E-state index contributed by atoms with van der Waals surface area (Å²) >= 11 is 0. The molecule has 3 nitrogen and oxygen atoms in total. The summed E-state index contributed by atoms with van der Waals surface area (Å²) in [4.78, 5) is 0. The first kappa shape index (κ1) is 63.4. The van der Waals surface area contributed by atoms with Crippen molar-refractivity contribution >= 4 is 29.1 Å². The Morgan fingerprint density at radius 3 is 0.319 bits per heavy atom. The topological polar surface area (TPSA) is 27.7 Å². The molecule has 0 spiro atoms. The second-order valence-corrected chi connectivity index (χ2v) is 43.1.